The van der Waals surface area contributed by atoms with Crippen LogP contribution in [0.5, 0.6) is 5.75 Å². The van der Waals surface area contributed by atoms with Crippen LogP contribution in [0.4, 0.5) is 4.79 Å². The molecule has 6 nitrogen and oxygen atoms in total. The summed E-state index contributed by atoms with van der Waals surface area (Å²) in [5.74, 6) is 0.806. The molecule has 1 aliphatic heterocycles. The number of alkyl carbamates (subject to hydrolysis) is 1. The number of carbonyl (C=O) groups excluding carboxylic acids is 1. The van der Waals surface area contributed by atoms with Gasteiger partial charge in [-0.2, -0.15) is 0 Å². The summed E-state index contributed by atoms with van der Waals surface area (Å²) < 4.78 is 23.1. The van der Waals surface area contributed by atoms with Gasteiger partial charge in [0.25, 0.3) is 0 Å². The van der Waals surface area contributed by atoms with Crippen molar-refractivity contribution in [1.82, 2.24) is 5.32 Å². The van der Waals surface area contributed by atoms with Gasteiger partial charge < -0.3 is 24.1 Å². The van der Waals surface area contributed by atoms with Gasteiger partial charge in [0.05, 0.1) is 17.8 Å². The molecule has 1 N–H and O–H groups in total. The number of unbranched alkanes of at least 4 members (excludes halogenated alkanes) is 1. The van der Waals surface area contributed by atoms with Crippen molar-refractivity contribution in [3.05, 3.63) is 24.3 Å². The molecule has 1 amide bonds. The van der Waals surface area contributed by atoms with E-state index in [0.717, 1.165) is 24.1 Å². The fourth-order valence-corrected chi connectivity index (χ4v) is 2.62. The van der Waals surface area contributed by atoms with Gasteiger partial charge in [-0.3, -0.25) is 0 Å². The second-order valence-corrected chi connectivity index (χ2v) is 9.14. The van der Waals surface area contributed by atoms with Crippen LogP contribution in [0.25, 0.3) is 0 Å². The predicted octanol–water partition coefficient (Wildman–Crippen LogP) is 3.67. The van der Waals surface area contributed by atoms with Crippen molar-refractivity contribution in [3.8, 4) is 5.75 Å². The van der Waals surface area contributed by atoms with Crippen LogP contribution in [0.3, 0.4) is 0 Å². The van der Waals surface area contributed by atoms with E-state index >= 15 is 0 Å². The second kappa shape index (κ2) is 8.74. The van der Waals surface area contributed by atoms with Crippen molar-refractivity contribution in [2.24, 2.45) is 0 Å². The Hall–Kier alpha value is -1.73. The van der Waals surface area contributed by atoms with Crippen molar-refractivity contribution < 1.29 is 23.6 Å². The lowest BCUT2D eigenvalue weighted by Gasteiger charge is -2.32. The number of nitrogens with one attached hydrogen (secondary N) is 1. The van der Waals surface area contributed by atoms with Gasteiger partial charge in [-0.15, -0.1) is 0 Å². The van der Waals surface area contributed by atoms with Gasteiger partial charge in [0.1, 0.15) is 11.4 Å². The van der Waals surface area contributed by atoms with E-state index in [1.165, 1.54) is 0 Å². The molecule has 1 saturated heterocycles. The Morgan fingerprint density at radius 2 is 1.61 bits per heavy atom. The second-order valence-electron chi connectivity index (χ2n) is 9.14. The van der Waals surface area contributed by atoms with Crippen molar-refractivity contribution in [3.63, 3.8) is 0 Å². The van der Waals surface area contributed by atoms with Crippen LogP contribution in [0.15, 0.2) is 24.3 Å². The summed E-state index contributed by atoms with van der Waals surface area (Å²) in [5, 5.41) is 2.75. The van der Waals surface area contributed by atoms with E-state index in [0.29, 0.717) is 13.2 Å². The first-order valence-electron chi connectivity index (χ1n) is 9.95. The summed E-state index contributed by atoms with van der Waals surface area (Å²) in [6.07, 6.45) is 1.28. The molecule has 28 heavy (non-hydrogen) atoms. The molecule has 0 radical (unpaired) electrons. The minimum Gasteiger partial charge on any atom is -0.494 e. The van der Waals surface area contributed by atoms with Gasteiger partial charge in [0.15, 0.2) is 0 Å². The number of hydrogen-bond acceptors (Lipinski definition) is 5. The Kier molecular flexibility index (Phi) is 7.04. The quantitative estimate of drug-likeness (QED) is 0.568. The molecule has 1 fully saturated rings. The van der Waals surface area contributed by atoms with Gasteiger partial charge in [-0.05, 0) is 78.9 Å². The van der Waals surface area contributed by atoms with Crippen LogP contribution in [0, 0.1) is 0 Å². The lowest BCUT2D eigenvalue weighted by Crippen LogP contribution is -2.41. The molecule has 1 aromatic rings. The van der Waals surface area contributed by atoms with E-state index in [-0.39, 0.29) is 24.4 Å². The SMILES string of the molecule is CC(C)(C)OC(=O)NCCCCOc1ccc(B2OC(C)(C)C(C)(C)O2)cc1. The van der Waals surface area contributed by atoms with E-state index in [4.69, 9.17) is 18.8 Å². The van der Waals surface area contributed by atoms with Crippen LogP contribution in [-0.2, 0) is 14.0 Å². The minimum atomic E-state index is -0.473. The van der Waals surface area contributed by atoms with Crippen LogP contribution in [0.1, 0.15) is 61.3 Å². The third-order valence-electron chi connectivity index (χ3n) is 4.91. The van der Waals surface area contributed by atoms with E-state index in [2.05, 4.69) is 5.32 Å². The Morgan fingerprint density at radius 3 is 2.14 bits per heavy atom. The van der Waals surface area contributed by atoms with E-state index in [9.17, 15) is 4.79 Å². The fourth-order valence-electron chi connectivity index (χ4n) is 2.62. The van der Waals surface area contributed by atoms with E-state index in [1.54, 1.807) is 0 Å². The lowest BCUT2D eigenvalue weighted by atomic mass is 9.79. The maximum Gasteiger partial charge on any atom is 0.494 e. The van der Waals surface area contributed by atoms with Crippen LogP contribution in [-0.4, -0.2) is 43.2 Å². The zero-order chi connectivity index (χ0) is 21.0. The van der Waals surface area contributed by atoms with Crippen LogP contribution < -0.4 is 15.5 Å². The van der Waals surface area contributed by atoms with Crippen molar-refractivity contribution in [1.29, 1.82) is 0 Å². The number of ether oxygens (including phenoxy) is 2. The third-order valence-corrected chi connectivity index (χ3v) is 4.91. The maximum atomic E-state index is 11.5. The standard InChI is InChI=1S/C21H34BNO5/c1-19(2,3)26-18(24)23-14-8-9-15-25-17-12-10-16(11-13-17)22-27-20(4,5)21(6,7)28-22/h10-13H,8-9,14-15H2,1-7H3,(H,23,24). The number of carbonyl (C=O) groups is 1. The van der Waals surface area contributed by atoms with Crippen molar-refractivity contribution >= 4 is 18.7 Å². The third kappa shape index (κ3) is 6.42. The smallest absolute Gasteiger partial charge is 0.494 e. The highest BCUT2D eigenvalue weighted by molar-refractivity contribution is 6.62. The molecule has 2 rings (SSSR count). The fraction of sp³-hybridized carbons (Fsp3) is 0.667. The molecule has 0 aromatic heterocycles. The number of benzene rings is 1. The van der Waals surface area contributed by atoms with Gasteiger partial charge in [-0.25, -0.2) is 4.79 Å². The van der Waals surface area contributed by atoms with Crippen molar-refractivity contribution in [2.75, 3.05) is 13.2 Å². The summed E-state index contributed by atoms with van der Waals surface area (Å²) in [7, 11) is -0.363. The molecule has 1 heterocycles. The average molecular weight is 391 g/mol. The number of hydrogen-bond donors (Lipinski definition) is 1. The molecule has 0 bridgehead atoms. The summed E-state index contributed by atoms with van der Waals surface area (Å²) in [4.78, 5) is 11.5. The number of amides is 1. The van der Waals surface area contributed by atoms with Crippen LogP contribution >= 0.6 is 0 Å². The topological polar surface area (TPSA) is 66.0 Å². The Labute approximate surface area is 169 Å². The minimum absolute atomic E-state index is 0.347. The monoisotopic (exact) mass is 391 g/mol. The zero-order valence-electron chi connectivity index (χ0n) is 18.3. The summed E-state index contributed by atoms with van der Waals surface area (Å²) in [6.45, 7) is 14.9. The molecule has 0 aliphatic carbocycles. The lowest BCUT2D eigenvalue weighted by molar-refractivity contribution is 0.00578. The number of rotatable bonds is 7. The highest BCUT2D eigenvalue weighted by Gasteiger charge is 2.51. The highest BCUT2D eigenvalue weighted by Crippen LogP contribution is 2.36. The molecule has 0 saturated carbocycles. The molecule has 1 aromatic carbocycles. The molecule has 7 heteroatoms. The van der Waals surface area contributed by atoms with Crippen LogP contribution in [0.2, 0.25) is 0 Å². The largest absolute Gasteiger partial charge is 0.494 e. The van der Waals surface area contributed by atoms with Gasteiger partial charge >= 0.3 is 13.2 Å². The van der Waals surface area contributed by atoms with Crippen molar-refractivity contribution in [2.45, 2.75) is 78.1 Å². The summed E-state index contributed by atoms with van der Waals surface area (Å²) in [5.41, 5.74) is -0.188. The molecule has 156 valence electrons. The average Bonchev–Trinajstić information content (AvgIpc) is 2.77. The first-order chi connectivity index (χ1) is 12.9. The molecule has 1 aliphatic rings. The normalized spacial score (nSPS) is 18.0. The van der Waals surface area contributed by atoms with E-state index < -0.39 is 5.60 Å². The molecule has 0 unspecified atom stereocenters. The molecular weight excluding hydrogens is 357 g/mol. The zero-order valence-corrected chi connectivity index (χ0v) is 18.3. The van der Waals surface area contributed by atoms with Gasteiger partial charge in [-0.1, -0.05) is 12.1 Å². The Morgan fingerprint density at radius 1 is 1.04 bits per heavy atom. The first kappa shape index (κ1) is 22.6. The summed E-state index contributed by atoms with van der Waals surface area (Å²) in [6, 6.07) is 7.81. The Balaban J connectivity index is 1.68. The summed E-state index contributed by atoms with van der Waals surface area (Å²) >= 11 is 0. The highest BCUT2D eigenvalue weighted by atomic mass is 16.7. The molecule has 0 atom stereocenters. The predicted molar refractivity (Wildman–Crippen MR) is 111 cm³/mol. The van der Waals surface area contributed by atoms with Gasteiger partial charge in [0, 0.05) is 6.54 Å². The Bertz CT molecular complexity index is 636. The molecule has 0 spiro atoms. The molecular formula is C21H34BNO5. The van der Waals surface area contributed by atoms with Gasteiger partial charge in [0.2, 0.25) is 0 Å². The van der Waals surface area contributed by atoms with E-state index in [1.807, 2.05) is 72.7 Å². The first-order valence-corrected chi connectivity index (χ1v) is 9.95. The maximum absolute atomic E-state index is 11.5.